The van der Waals surface area contributed by atoms with Crippen LogP contribution >= 0.6 is 0 Å². The highest BCUT2D eigenvalue weighted by Crippen LogP contribution is 2.48. The lowest BCUT2D eigenvalue weighted by Crippen LogP contribution is -2.54. The van der Waals surface area contributed by atoms with Gasteiger partial charge in [-0.2, -0.15) is 31.4 Å². The Morgan fingerprint density at radius 1 is 1.03 bits per heavy atom. The second-order valence-corrected chi connectivity index (χ2v) is 9.84. The molecule has 2 fully saturated rings. The van der Waals surface area contributed by atoms with Crippen molar-refractivity contribution >= 4 is 5.91 Å². The van der Waals surface area contributed by atoms with Crippen LogP contribution in [-0.2, 0) is 40.6 Å². The number of carbonyl (C=O) groups excluding carboxylic acids is 1. The molecule has 0 saturated carbocycles. The average molecular weight is 554 g/mol. The van der Waals surface area contributed by atoms with E-state index in [9.17, 15) is 31.1 Å². The van der Waals surface area contributed by atoms with Crippen molar-refractivity contribution in [2.45, 2.75) is 62.5 Å². The standard InChI is InChI=1S/C26H25F6N5O2/c27-25(28,29)17-8-15(9-18(10-17)26(30,31)32)13-39-21-7-6-20-19(23(38)33-12-22-34-14-35-37-22)11-24(21,36-20)16-4-2-1-3-5-16/h1-5,8-10,14,19-21,36H,6-7,11-13H2,(H,33,38)(H,34,35,37). The normalized spacial score (nSPS) is 25.0. The number of nitrogens with one attached hydrogen (secondary N) is 3. The van der Waals surface area contributed by atoms with Crippen molar-refractivity contribution in [2.75, 3.05) is 0 Å². The van der Waals surface area contributed by atoms with Gasteiger partial charge in [-0.25, -0.2) is 4.98 Å². The van der Waals surface area contributed by atoms with E-state index in [1.54, 1.807) is 0 Å². The maximum atomic E-state index is 13.3. The zero-order chi connectivity index (χ0) is 27.8. The van der Waals surface area contributed by atoms with Gasteiger partial charge < -0.3 is 15.4 Å². The molecule has 0 radical (unpaired) electrons. The van der Waals surface area contributed by atoms with Crippen molar-refractivity contribution in [3.05, 3.63) is 82.9 Å². The zero-order valence-corrected chi connectivity index (χ0v) is 20.4. The molecule has 2 aromatic carbocycles. The number of alkyl halides is 6. The summed E-state index contributed by atoms with van der Waals surface area (Å²) in [6, 6.07) is 10.5. The summed E-state index contributed by atoms with van der Waals surface area (Å²) in [7, 11) is 0. The lowest BCUT2D eigenvalue weighted by molar-refractivity contribution is -0.143. The Balaban J connectivity index is 1.39. The molecule has 3 heterocycles. The van der Waals surface area contributed by atoms with E-state index >= 15 is 0 Å². The highest BCUT2D eigenvalue weighted by Gasteiger charge is 2.56. The van der Waals surface area contributed by atoms with E-state index in [1.165, 1.54) is 6.33 Å². The number of halogens is 6. The van der Waals surface area contributed by atoms with Crippen LogP contribution in [0.2, 0.25) is 0 Å². The van der Waals surface area contributed by atoms with Crippen molar-refractivity contribution in [1.82, 2.24) is 25.8 Å². The van der Waals surface area contributed by atoms with Crippen molar-refractivity contribution in [3.63, 3.8) is 0 Å². The van der Waals surface area contributed by atoms with E-state index in [0.29, 0.717) is 37.2 Å². The molecular weight excluding hydrogens is 528 g/mol. The molecule has 3 aromatic rings. The third-order valence-corrected chi connectivity index (χ3v) is 7.38. The minimum absolute atomic E-state index is 0.0979. The topological polar surface area (TPSA) is 91.9 Å². The Bertz CT molecular complexity index is 1270. The molecule has 2 saturated heterocycles. The largest absolute Gasteiger partial charge is 0.416 e. The summed E-state index contributed by atoms with van der Waals surface area (Å²) in [5.41, 5.74) is -3.04. The van der Waals surface area contributed by atoms with Crippen LogP contribution < -0.4 is 10.6 Å². The number of hydrogen-bond acceptors (Lipinski definition) is 5. The highest BCUT2D eigenvalue weighted by molar-refractivity contribution is 5.80. The van der Waals surface area contributed by atoms with Crippen LogP contribution in [0.5, 0.6) is 0 Å². The summed E-state index contributed by atoms with van der Waals surface area (Å²) < 4.78 is 86.1. The first kappa shape index (κ1) is 27.1. The number of rotatable bonds is 7. The van der Waals surface area contributed by atoms with Gasteiger partial charge in [0, 0.05) is 6.04 Å². The van der Waals surface area contributed by atoms with Gasteiger partial charge in [0.15, 0.2) is 0 Å². The summed E-state index contributed by atoms with van der Waals surface area (Å²) in [6.45, 7) is -0.293. The van der Waals surface area contributed by atoms with Crippen LogP contribution in [-0.4, -0.2) is 33.2 Å². The smallest absolute Gasteiger partial charge is 0.371 e. The van der Waals surface area contributed by atoms with Crippen molar-refractivity contribution in [2.24, 2.45) is 5.92 Å². The number of hydrogen-bond donors (Lipinski definition) is 3. The lowest BCUT2D eigenvalue weighted by atomic mass is 9.80. The summed E-state index contributed by atoms with van der Waals surface area (Å²) in [4.78, 5) is 17.1. The molecule has 39 heavy (non-hydrogen) atoms. The van der Waals surface area contributed by atoms with Gasteiger partial charge in [-0.1, -0.05) is 30.3 Å². The number of carbonyl (C=O) groups is 1. The predicted molar refractivity (Wildman–Crippen MR) is 126 cm³/mol. The maximum Gasteiger partial charge on any atom is 0.416 e. The third kappa shape index (κ3) is 5.64. The molecule has 5 rings (SSSR count). The van der Waals surface area contributed by atoms with E-state index in [1.807, 2.05) is 30.3 Å². The molecule has 7 nitrogen and oxygen atoms in total. The molecule has 4 unspecified atom stereocenters. The van der Waals surface area contributed by atoms with Gasteiger partial charge in [0.25, 0.3) is 0 Å². The molecule has 0 spiro atoms. The van der Waals surface area contributed by atoms with Gasteiger partial charge in [0.1, 0.15) is 12.2 Å². The van der Waals surface area contributed by atoms with E-state index < -0.39 is 47.6 Å². The van der Waals surface area contributed by atoms with Crippen molar-refractivity contribution in [1.29, 1.82) is 0 Å². The molecule has 4 atom stereocenters. The Kier molecular flexibility index (Phi) is 7.14. The van der Waals surface area contributed by atoms with Crippen LogP contribution in [0.15, 0.2) is 54.9 Å². The Morgan fingerprint density at radius 3 is 2.33 bits per heavy atom. The molecule has 2 aliphatic heterocycles. The van der Waals surface area contributed by atoms with Gasteiger partial charge in [0.2, 0.25) is 5.91 Å². The maximum absolute atomic E-state index is 13.3. The van der Waals surface area contributed by atoms with Gasteiger partial charge in [0.05, 0.1) is 41.8 Å². The van der Waals surface area contributed by atoms with Crippen LogP contribution in [0.25, 0.3) is 0 Å². The van der Waals surface area contributed by atoms with Crippen molar-refractivity contribution < 1.29 is 35.9 Å². The van der Waals surface area contributed by atoms with E-state index in [2.05, 4.69) is 25.8 Å². The Morgan fingerprint density at radius 2 is 1.72 bits per heavy atom. The van der Waals surface area contributed by atoms with Crippen LogP contribution in [0, 0.1) is 5.92 Å². The molecule has 2 bridgehead atoms. The fourth-order valence-corrected chi connectivity index (χ4v) is 5.60. The lowest BCUT2D eigenvalue weighted by Gasteiger charge is -2.42. The Hall–Kier alpha value is -3.45. The third-order valence-electron chi connectivity index (χ3n) is 7.38. The molecule has 1 aromatic heterocycles. The van der Waals surface area contributed by atoms with Gasteiger partial charge in [-0.15, -0.1) is 0 Å². The van der Waals surface area contributed by atoms with Gasteiger partial charge in [-0.3, -0.25) is 9.89 Å². The molecule has 208 valence electrons. The van der Waals surface area contributed by atoms with Crippen LogP contribution in [0.1, 0.15) is 47.3 Å². The van der Waals surface area contributed by atoms with Crippen LogP contribution in [0.3, 0.4) is 0 Å². The summed E-state index contributed by atoms with van der Waals surface area (Å²) in [6.07, 6.45) is -7.82. The first-order chi connectivity index (χ1) is 18.5. The van der Waals surface area contributed by atoms with E-state index in [0.717, 1.165) is 5.56 Å². The summed E-state index contributed by atoms with van der Waals surface area (Å²) in [5, 5.41) is 12.8. The number of benzene rings is 2. The Labute approximate surface area is 219 Å². The highest BCUT2D eigenvalue weighted by atomic mass is 19.4. The molecular formula is C26H25F6N5O2. The number of aromatic amines is 1. The summed E-state index contributed by atoms with van der Waals surface area (Å²) >= 11 is 0. The van der Waals surface area contributed by atoms with Gasteiger partial charge in [-0.05, 0) is 48.6 Å². The number of piperidine rings is 1. The number of nitrogens with zero attached hydrogens (tertiary/aromatic N) is 2. The number of ether oxygens (including phenoxy) is 1. The fourth-order valence-electron chi connectivity index (χ4n) is 5.60. The second-order valence-electron chi connectivity index (χ2n) is 9.84. The number of aromatic nitrogens is 3. The number of H-pyrrole nitrogens is 1. The first-order valence-electron chi connectivity index (χ1n) is 12.3. The zero-order valence-electron chi connectivity index (χ0n) is 20.4. The number of amides is 1. The quantitative estimate of drug-likeness (QED) is 0.369. The minimum atomic E-state index is -4.95. The second kappa shape index (κ2) is 10.3. The SMILES string of the molecule is O=C(NCc1ncn[nH]1)C1CC2(c3ccccc3)NC1CCC2OCc1cc(C(F)(F)F)cc(C(F)(F)F)c1. The van der Waals surface area contributed by atoms with Gasteiger partial charge >= 0.3 is 12.4 Å². The molecule has 2 aliphatic rings. The number of fused-ring (bicyclic) bond motifs is 2. The minimum Gasteiger partial charge on any atom is -0.371 e. The van der Waals surface area contributed by atoms with Crippen LogP contribution in [0.4, 0.5) is 26.3 Å². The average Bonchev–Trinajstić information content (AvgIpc) is 3.53. The molecule has 1 amide bonds. The predicted octanol–water partition coefficient (Wildman–Crippen LogP) is 4.71. The molecule has 13 heteroatoms. The summed E-state index contributed by atoms with van der Waals surface area (Å²) in [5.74, 6) is -0.141. The monoisotopic (exact) mass is 553 g/mol. The van der Waals surface area contributed by atoms with E-state index in [4.69, 9.17) is 4.74 Å². The van der Waals surface area contributed by atoms with Crippen molar-refractivity contribution in [3.8, 4) is 0 Å². The van der Waals surface area contributed by atoms with E-state index in [-0.39, 0.29) is 30.1 Å². The fraction of sp³-hybridized carbons (Fsp3) is 0.423. The first-order valence-corrected chi connectivity index (χ1v) is 12.3. The molecule has 0 aliphatic carbocycles. The molecule has 3 N–H and O–H groups in total.